The normalized spacial score (nSPS) is 12.6. The molecule has 0 unspecified atom stereocenters. The van der Waals surface area contributed by atoms with Crippen LogP contribution in [0, 0.1) is 13.8 Å². The van der Waals surface area contributed by atoms with Crippen LogP contribution >= 0.6 is 23.1 Å². The van der Waals surface area contributed by atoms with Crippen LogP contribution in [0.2, 0.25) is 0 Å². The summed E-state index contributed by atoms with van der Waals surface area (Å²) in [6, 6.07) is 7.73. The van der Waals surface area contributed by atoms with Crippen molar-refractivity contribution in [2.75, 3.05) is 25.6 Å². The molecule has 2 aromatic heterocycles. The molecule has 0 fully saturated rings. The number of hydrogen-bond acceptors (Lipinski definition) is 8. The van der Waals surface area contributed by atoms with Gasteiger partial charge in [0, 0.05) is 34.1 Å². The quantitative estimate of drug-likeness (QED) is 0.273. The van der Waals surface area contributed by atoms with Gasteiger partial charge in [0.2, 0.25) is 0 Å². The third-order valence-corrected chi connectivity index (χ3v) is 7.07. The molecule has 0 aliphatic carbocycles. The number of rotatable bonds is 8. The van der Waals surface area contributed by atoms with Gasteiger partial charge in [-0.25, -0.2) is 4.98 Å². The highest BCUT2D eigenvalue weighted by Gasteiger charge is 2.20. The number of Topliss-reactive ketones (excluding diaryl/α,β-unsaturated/α-hetero) is 1. The number of ether oxygens (including phenoxy) is 3. The maximum absolute atomic E-state index is 13.0. The molecule has 0 bridgehead atoms. The number of ketones is 1. The van der Waals surface area contributed by atoms with Gasteiger partial charge in [0.05, 0.1) is 24.5 Å². The molecule has 0 N–H and O–H groups in total. The lowest BCUT2D eigenvalue weighted by atomic mass is 10.2. The molecule has 168 valence electrons. The van der Waals surface area contributed by atoms with Gasteiger partial charge in [-0.05, 0) is 39.0 Å². The van der Waals surface area contributed by atoms with Crippen LogP contribution in [-0.2, 0) is 16.0 Å². The van der Waals surface area contributed by atoms with E-state index in [1.807, 2.05) is 43.5 Å². The first-order chi connectivity index (χ1) is 15.5. The number of carbonyl (C=O) groups excluding carboxylic acids is 2. The van der Waals surface area contributed by atoms with E-state index in [0.717, 1.165) is 27.2 Å². The number of fused-ring (bicyclic) bond motifs is 1. The van der Waals surface area contributed by atoms with Crippen LogP contribution in [0.1, 0.15) is 34.4 Å². The average Bonchev–Trinajstić information content (AvgIpc) is 3.35. The Balaban J connectivity index is 1.45. The fourth-order valence-corrected chi connectivity index (χ4v) is 5.34. The number of hydrogen-bond donors (Lipinski definition) is 0. The van der Waals surface area contributed by atoms with E-state index in [1.165, 1.54) is 23.1 Å². The zero-order valence-corrected chi connectivity index (χ0v) is 19.8. The van der Waals surface area contributed by atoms with Crippen molar-refractivity contribution in [3.8, 4) is 17.2 Å². The summed E-state index contributed by atoms with van der Waals surface area (Å²) < 4.78 is 19.1. The van der Waals surface area contributed by atoms with Crippen LogP contribution in [0.25, 0.3) is 5.69 Å². The molecule has 7 nitrogen and oxygen atoms in total. The van der Waals surface area contributed by atoms with Crippen molar-refractivity contribution in [2.24, 2.45) is 0 Å². The highest BCUT2D eigenvalue weighted by Crippen LogP contribution is 2.34. The third kappa shape index (κ3) is 4.83. The molecule has 1 aliphatic rings. The summed E-state index contributed by atoms with van der Waals surface area (Å²) >= 11 is 2.81. The van der Waals surface area contributed by atoms with Crippen molar-refractivity contribution in [1.82, 2.24) is 9.55 Å². The third-order valence-electron chi connectivity index (χ3n) is 5.00. The summed E-state index contributed by atoms with van der Waals surface area (Å²) in [4.78, 5) is 29.0. The predicted molar refractivity (Wildman–Crippen MR) is 124 cm³/mol. The Bertz CT molecular complexity index is 1150. The second-order valence-electron chi connectivity index (χ2n) is 7.25. The second-order valence-corrected chi connectivity index (χ2v) is 9.33. The Morgan fingerprint density at radius 3 is 2.75 bits per heavy atom. The van der Waals surface area contributed by atoms with Gasteiger partial charge in [-0.2, -0.15) is 0 Å². The number of benzene rings is 1. The molecule has 3 aromatic rings. The van der Waals surface area contributed by atoms with E-state index in [1.54, 1.807) is 6.92 Å². The molecule has 9 heteroatoms. The SMILES string of the molecule is CCOC(=O)Cc1csc(SCC(=O)c2cc(C)n(-c3ccc4c(c3)OCCO4)c2C)n1. The van der Waals surface area contributed by atoms with E-state index in [4.69, 9.17) is 14.2 Å². The van der Waals surface area contributed by atoms with Crippen molar-refractivity contribution in [3.05, 3.63) is 52.3 Å². The Hall–Kier alpha value is -2.78. The summed E-state index contributed by atoms with van der Waals surface area (Å²) in [5.74, 6) is 1.47. The number of thiazole rings is 1. The molecule has 1 aliphatic heterocycles. The Labute approximate surface area is 194 Å². The number of esters is 1. The number of thioether (sulfide) groups is 1. The van der Waals surface area contributed by atoms with E-state index in [-0.39, 0.29) is 23.9 Å². The monoisotopic (exact) mass is 472 g/mol. The first-order valence-corrected chi connectivity index (χ1v) is 12.2. The minimum atomic E-state index is -0.294. The Morgan fingerprint density at radius 2 is 1.97 bits per heavy atom. The molecule has 0 radical (unpaired) electrons. The molecule has 1 aromatic carbocycles. The van der Waals surface area contributed by atoms with E-state index in [2.05, 4.69) is 9.55 Å². The summed E-state index contributed by atoms with van der Waals surface area (Å²) in [6.07, 6.45) is 0.148. The predicted octanol–water partition coefficient (Wildman–Crippen LogP) is 4.40. The minimum absolute atomic E-state index is 0.0361. The number of carbonyl (C=O) groups is 2. The van der Waals surface area contributed by atoms with Gasteiger partial charge < -0.3 is 18.8 Å². The highest BCUT2D eigenvalue weighted by atomic mass is 32.2. The Morgan fingerprint density at radius 1 is 1.19 bits per heavy atom. The first-order valence-electron chi connectivity index (χ1n) is 10.3. The maximum Gasteiger partial charge on any atom is 0.311 e. The van der Waals surface area contributed by atoms with Crippen molar-refractivity contribution in [1.29, 1.82) is 0 Å². The molecule has 4 rings (SSSR count). The highest BCUT2D eigenvalue weighted by molar-refractivity contribution is 8.01. The molecule has 0 saturated carbocycles. The van der Waals surface area contributed by atoms with Crippen LogP contribution in [0.3, 0.4) is 0 Å². The smallest absolute Gasteiger partial charge is 0.311 e. The minimum Gasteiger partial charge on any atom is -0.486 e. The summed E-state index contributed by atoms with van der Waals surface area (Å²) in [6.45, 7) is 7.13. The topological polar surface area (TPSA) is 79.7 Å². The van der Waals surface area contributed by atoms with Crippen LogP contribution in [0.4, 0.5) is 0 Å². The largest absolute Gasteiger partial charge is 0.486 e. The maximum atomic E-state index is 13.0. The number of aromatic nitrogens is 2. The lowest BCUT2D eigenvalue weighted by molar-refractivity contribution is -0.142. The fourth-order valence-electron chi connectivity index (χ4n) is 3.61. The van der Waals surface area contributed by atoms with E-state index in [9.17, 15) is 9.59 Å². The molecule has 0 amide bonds. The lowest BCUT2D eigenvalue weighted by Gasteiger charge is -2.20. The number of aryl methyl sites for hydroxylation is 1. The van der Waals surface area contributed by atoms with Crippen molar-refractivity contribution in [2.45, 2.75) is 31.5 Å². The van der Waals surface area contributed by atoms with Crippen molar-refractivity contribution >= 4 is 34.9 Å². The van der Waals surface area contributed by atoms with E-state index < -0.39 is 0 Å². The fraction of sp³-hybridized carbons (Fsp3) is 0.348. The first kappa shape index (κ1) is 22.4. The lowest BCUT2D eigenvalue weighted by Crippen LogP contribution is -2.15. The molecule has 0 saturated heterocycles. The van der Waals surface area contributed by atoms with Gasteiger partial charge in [0.15, 0.2) is 21.6 Å². The van der Waals surface area contributed by atoms with Crippen LogP contribution in [0.15, 0.2) is 34.0 Å². The van der Waals surface area contributed by atoms with E-state index in [0.29, 0.717) is 36.8 Å². The van der Waals surface area contributed by atoms with Gasteiger partial charge in [-0.1, -0.05) is 11.8 Å². The average molecular weight is 473 g/mol. The summed E-state index contributed by atoms with van der Waals surface area (Å²) in [7, 11) is 0. The van der Waals surface area contributed by atoms with E-state index >= 15 is 0 Å². The molecular weight excluding hydrogens is 448 g/mol. The van der Waals surface area contributed by atoms with Crippen molar-refractivity contribution in [3.63, 3.8) is 0 Å². The molecular formula is C23H24N2O5S2. The van der Waals surface area contributed by atoms with Gasteiger partial charge >= 0.3 is 5.97 Å². The van der Waals surface area contributed by atoms with Gasteiger partial charge in [0.1, 0.15) is 13.2 Å². The van der Waals surface area contributed by atoms with Gasteiger partial charge in [-0.15, -0.1) is 11.3 Å². The van der Waals surface area contributed by atoms with Crippen LogP contribution < -0.4 is 9.47 Å². The summed E-state index contributed by atoms with van der Waals surface area (Å²) in [5.41, 5.74) is 4.14. The van der Waals surface area contributed by atoms with Gasteiger partial charge in [-0.3, -0.25) is 9.59 Å². The molecule has 0 atom stereocenters. The van der Waals surface area contributed by atoms with Crippen LogP contribution in [0.5, 0.6) is 11.5 Å². The summed E-state index contributed by atoms with van der Waals surface area (Å²) in [5, 5.41) is 1.83. The van der Waals surface area contributed by atoms with Crippen molar-refractivity contribution < 1.29 is 23.8 Å². The van der Waals surface area contributed by atoms with Crippen LogP contribution in [-0.4, -0.2) is 46.9 Å². The molecule has 0 spiro atoms. The second kappa shape index (κ2) is 9.79. The molecule has 3 heterocycles. The zero-order chi connectivity index (χ0) is 22.7. The standard InChI is InChI=1S/C23H24N2O5S2/c1-4-28-22(27)10-16-12-31-23(24-16)32-13-19(26)18-9-14(2)25(15(18)3)17-5-6-20-21(11-17)30-8-7-29-20/h5-6,9,11-12H,4,7-8,10,13H2,1-3H3. The Kier molecular flexibility index (Phi) is 6.86. The zero-order valence-electron chi connectivity index (χ0n) is 18.2. The molecule has 32 heavy (non-hydrogen) atoms. The number of nitrogens with zero attached hydrogens (tertiary/aromatic N) is 2. The van der Waals surface area contributed by atoms with Gasteiger partial charge in [0.25, 0.3) is 0 Å².